The van der Waals surface area contributed by atoms with Gasteiger partial charge in [-0.2, -0.15) is 0 Å². The highest BCUT2D eigenvalue weighted by molar-refractivity contribution is 6.30. The molecule has 150 valence electrons. The van der Waals surface area contributed by atoms with E-state index in [9.17, 15) is 9.18 Å². The fourth-order valence-electron chi connectivity index (χ4n) is 3.05. The van der Waals surface area contributed by atoms with Crippen LogP contribution in [0.15, 0.2) is 66.7 Å². The Kier molecular flexibility index (Phi) is 5.33. The molecule has 0 bridgehead atoms. The van der Waals surface area contributed by atoms with Crippen molar-refractivity contribution >= 4 is 23.2 Å². The molecule has 3 aromatic carbocycles. The Morgan fingerprint density at radius 3 is 2.40 bits per heavy atom. The van der Waals surface area contributed by atoms with Gasteiger partial charge < -0.3 is 5.32 Å². The van der Waals surface area contributed by atoms with Crippen molar-refractivity contribution in [2.24, 2.45) is 0 Å². The zero-order chi connectivity index (χ0) is 21.3. The van der Waals surface area contributed by atoms with E-state index in [-0.39, 0.29) is 11.6 Å². The van der Waals surface area contributed by atoms with E-state index in [1.807, 2.05) is 44.2 Å². The van der Waals surface area contributed by atoms with Gasteiger partial charge in [-0.25, -0.2) is 14.1 Å². The summed E-state index contributed by atoms with van der Waals surface area (Å²) >= 11 is 6.03. The first-order valence-electron chi connectivity index (χ1n) is 9.29. The Morgan fingerprint density at radius 2 is 1.70 bits per heavy atom. The van der Waals surface area contributed by atoms with Crippen molar-refractivity contribution in [3.63, 3.8) is 0 Å². The molecule has 0 unspecified atom stereocenters. The number of carbonyl (C=O) groups excluding carboxylic acids is 1. The second-order valence-corrected chi connectivity index (χ2v) is 7.29. The maximum atomic E-state index is 13.1. The molecule has 0 radical (unpaired) electrons. The van der Waals surface area contributed by atoms with Gasteiger partial charge in [-0.1, -0.05) is 23.7 Å². The van der Waals surface area contributed by atoms with Crippen molar-refractivity contribution in [3.8, 4) is 17.1 Å². The monoisotopic (exact) mass is 420 g/mol. The summed E-state index contributed by atoms with van der Waals surface area (Å²) in [4.78, 5) is 17.3. The largest absolute Gasteiger partial charge is 0.319 e. The maximum absolute atomic E-state index is 13.1. The van der Waals surface area contributed by atoms with E-state index in [4.69, 9.17) is 11.6 Å². The number of benzene rings is 3. The van der Waals surface area contributed by atoms with Crippen LogP contribution in [0.2, 0.25) is 5.02 Å². The Morgan fingerprint density at radius 1 is 1.00 bits per heavy atom. The van der Waals surface area contributed by atoms with Gasteiger partial charge in [-0.05, 0) is 79.6 Å². The summed E-state index contributed by atoms with van der Waals surface area (Å²) in [6.07, 6.45) is 0. The third-order valence-corrected chi connectivity index (χ3v) is 5.07. The van der Waals surface area contributed by atoms with Crippen LogP contribution in [0, 0.1) is 19.7 Å². The minimum absolute atomic E-state index is 0.00480. The molecule has 1 N–H and O–H groups in total. The third kappa shape index (κ3) is 3.95. The van der Waals surface area contributed by atoms with Gasteiger partial charge in [0.15, 0.2) is 5.82 Å². The van der Waals surface area contributed by atoms with Crippen LogP contribution in [0.4, 0.5) is 10.1 Å². The van der Waals surface area contributed by atoms with Gasteiger partial charge in [0.2, 0.25) is 5.82 Å². The first kappa shape index (κ1) is 19.8. The van der Waals surface area contributed by atoms with Crippen molar-refractivity contribution in [3.05, 3.63) is 94.5 Å². The molecule has 1 aromatic heterocycles. The van der Waals surface area contributed by atoms with E-state index in [0.717, 1.165) is 22.4 Å². The number of nitrogens with zero attached hydrogens (tertiary/aromatic N) is 3. The topological polar surface area (TPSA) is 59.8 Å². The summed E-state index contributed by atoms with van der Waals surface area (Å²) in [6, 6.07) is 18.6. The summed E-state index contributed by atoms with van der Waals surface area (Å²) in [5, 5.41) is 7.78. The molecule has 0 saturated heterocycles. The average Bonchev–Trinajstić information content (AvgIpc) is 3.17. The van der Waals surface area contributed by atoms with Gasteiger partial charge in [0.1, 0.15) is 5.82 Å². The Hall–Kier alpha value is -3.51. The minimum atomic E-state index is -0.485. The SMILES string of the molecule is Cc1cccc(-n2nc(C(=O)Nc3ccc(F)cc3)nc2-c2ccc(Cl)cc2)c1C. The molecule has 1 heterocycles. The number of hydrogen-bond donors (Lipinski definition) is 1. The van der Waals surface area contributed by atoms with E-state index in [1.165, 1.54) is 24.3 Å². The molecule has 0 spiro atoms. The summed E-state index contributed by atoms with van der Waals surface area (Å²) in [5.41, 5.74) is 4.19. The van der Waals surface area contributed by atoms with E-state index in [0.29, 0.717) is 16.5 Å². The highest BCUT2D eigenvalue weighted by atomic mass is 35.5. The Balaban J connectivity index is 1.79. The van der Waals surface area contributed by atoms with Crippen molar-refractivity contribution < 1.29 is 9.18 Å². The van der Waals surface area contributed by atoms with Crippen LogP contribution in [0.3, 0.4) is 0 Å². The number of rotatable bonds is 4. The number of anilines is 1. The normalized spacial score (nSPS) is 10.8. The lowest BCUT2D eigenvalue weighted by Gasteiger charge is -2.11. The second kappa shape index (κ2) is 8.08. The molecular weight excluding hydrogens is 403 g/mol. The van der Waals surface area contributed by atoms with Crippen LogP contribution >= 0.6 is 11.6 Å². The molecule has 0 fully saturated rings. The zero-order valence-electron chi connectivity index (χ0n) is 16.4. The lowest BCUT2D eigenvalue weighted by molar-refractivity contribution is 0.101. The lowest BCUT2D eigenvalue weighted by Crippen LogP contribution is -2.14. The van der Waals surface area contributed by atoms with E-state index >= 15 is 0 Å². The van der Waals surface area contributed by atoms with Crippen LogP contribution in [-0.2, 0) is 0 Å². The van der Waals surface area contributed by atoms with Gasteiger partial charge in [0.05, 0.1) is 5.69 Å². The lowest BCUT2D eigenvalue weighted by atomic mass is 10.1. The summed E-state index contributed by atoms with van der Waals surface area (Å²) in [6.45, 7) is 4.01. The van der Waals surface area contributed by atoms with Crippen LogP contribution in [-0.4, -0.2) is 20.7 Å². The number of nitrogens with one attached hydrogen (secondary N) is 1. The summed E-state index contributed by atoms with van der Waals surface area (Å²) in [5.74, 6) is -0.342. The molecule has 30 heavy (non-hydrogen) atoms. The van der Waals surface area contributed by atoms with E-state index in [2.05, 4.69) is 15.4 Å². The van der Waals surface area contributed by atoms with Crippen molar-refractivity contribution in [2.45, 2.75) is 13.8 Å². The molecular formula is C23H18ClFN4O. The Labute approximate surface area is 178 Å². The van der Waals surface area contributed by atoms with Gasteiger partial charge in [-0.15, -0.1) is 5.10 Å². The van der Waals surface area contributed by atoms with Crippen molar-refractivity contribution in [2.75, 3.05) is 5.32 Å². The molecule has 4 rings (SSSR count). The maximum Gasteiger partial charge on any atom is 0.295 e. The number of carbonyl (C=O) groups is 1. The molecule has 0 saturated carbocycles. The molecule has 7 heteroatoms. The van der Waals surface area contributed by atoms with Crippen molar-refractivity contribution in [1.82, 2.24) is 14.8 Å². The smallest absolute Gasteiger partial charge is 0.295 e. The molecule has 1 amide bonds. The fourth-order valence-corrected chi connectivity index (χ4v) is 3.17. The highest BCUT2D eigenvalue weighted by Crippen LogP contribution is 2.26. The number of aryl methyl sites for hydroxylation is 1. The third-order valence-electron chi connectivity index (χ3n) is 4.82. The second-order valence-electron chi connectivity index (χ2n) is 6.86. The highest BCUT2D eigenvalue weighted by Gasteiger charge is 2.20. The van der Waals surface area contributed by atoms with E-state index < -0.39 is 5.91 Å². The molecule has 0 aliphatic heterocycles. The van der Waals surface area contributed by atoms with Crippen LogP contribution in [0.5, 0.6) is 0 Å². The van der Waals surface area contributed by atoms with Crippen LogP contribution in [0.25, 0.3) is 17.1 Å². The minimum Gasteiger partial charge on any atom is -0.319 e. The van der Waals surface area contributed by atoms with Crippen LogP contribution < -0.4 is 5.32 Å². The molecule has 5 nitrogen and oxygen atoms in total. The van der Waals surface area contributed by atoms with Gasteiger partial charge in [0.25, 0.3) is 5.91 Å². The number of halogens is 2. The number of hydrogen-bond acceptors (Lipinski definition) is 3. The summed E-state index contributed by atoms with van der Waals surface area (Å²) in [7, 11) is 0. The molecule has 0 aliphatic rings. The summed E-state index contributed by atoms with van der Waals surface area (Å²) < 4.78 is 14.8. The van der Waals surface area contributed by atoms with Gasteiger partial charge >= 0.3 is 0 Å². The predicted molar refractivity (Wildman–Crippen MR) is 116 cm³/mol. The quantitative estimate of drug-likeness (QED) is 0.467. The van der Waals surface area contributed by atoms with Gasteiger partial charge in [-0.3, -0.25) is 4.79 Å². The fraction of sp³-hybridized carbons (Fsp3) is 0.0870. The first-order valence-corrected chi connectivity index (χ1v) is 9.66. The van der Waals surface area contributed by atoms with Gasteiger partial charge in [0, 0.05) is 16.3 Å². The number of amides is 1. The molecule has 0 atom stereocenters. The Bertz CT molecular complexity index is 1220. The molecule has 0 aliphatic carbocycles. The number of aromatic nitrogens is 3. The predicted octanol–water partition coefficient (Wildman–Crippen LogP) is 5.60. The van der Waals surface area contributed by atoms with Crippen LogP contribution in [0.1, 0.15) is 21.7 Å². The zero-order valence-corrected chi connectivity index (χ0v) is 17.1. The first-order chi connectivity index (χ1) is 14.4. The van der Waals surface area contributed by atoms with E-state index in [1.54, 1.807) is 16.8 Å². The molecule has 4 aromatic rings. The van der Waals surface area contributed by atoms with Crippen molar-refractivity contribution in [1.29, 1.82) is 0 Å². The average molecular weight is 421 g/mol. The standard InChI is InChI=1S/C23H18ClFN4O/c1-14-4-3-5-20(15(14)2)29-22(16-6-8-17(24)9-7-16)27-21(28-29)23(30)26-19-12-10-18(25)11-13-19/h3-13H,1-2H3,(H,26,30).